The van der Waals surface area contributed by atoms with Gasteiger partial charge in [-0.05, 0) is 18.6 Å². The first kappa shape index (κ1) is 17.6. The highest BCUT2D eigenvalue weighted by molar-refractivity contribution is 5.96. The van der Waals surface area contributed by atoms with Crippen LogP contribution in [0.1, 0.15) is 35.3 Å². The summed E-state index contributed by atoms with van der Waals surface area (Å²) in [5.74, 6) is -0.328. The van der Waals surface area contributed by atoms with Crippen LogP contribution in [0.5, 0.6) is 0 Å². The summed E-state index contributed by atoms with van der Waals surface area (Å²) in [7, 11) is 0. The van der Waals surface area contributed by atoms with Crippen molar-refractivity contribution in [2.45, 2.75) is 26.2 Å². The van der Waals surface area contributed by atoms with Gasteiger partial charge in [0.05, 0.1) is 10.9 Å². The lowest BCUT2D eigenvalue weighted by atomic mass is 9.84. The summed E-state index contributed by atoms with van der Waals surface area (Å²) in [6.07, 6.45) is 1.34. The van der Waals surface area contributed by atoms with Crippen LogP contribution < -0.4 is 16.6 Å². The quantitative estimate of drug-likeness (QED) is 0.663. The topological polar surface area (TPSA) is 108 Å². The summed E-state index contributed by atoms with van der Waals surface area (Å²) in [5.41, 5.74) is 1.23. The number of amides is 1. The zero-order valence-electron chi connectivity index (χ0n) is 14.8. The maximum Gasteiger partial charge on any atom is 0.327 e. The van der Waals surface area contributed by atoms with Gasteiger partial charge in [0.15, 0.2) is 0 Å². The van der Waals surface area contributed by atoms with Crippen molar-refractivity contribution in [3.8, 4) is 0 Å². The molecule has 0 atom stereocenters. The van der Waals surface area contributed by atoms with Crippen LogP contribution in [0.4, 0.5) is 0 Å². The first-order valence-corrected chi connectivity index (χ1v) is 8.24. The van der Waals surface area contributed by atoms with E-state index in [2.05, 4.69) is 40.2 Å². The number of hydrogen-bond donors (Lipinski definition) is 3. The number of H-pyrrole nitrogens is 2. The molecule has 0 fully saturated rings. The molecule has 0 unspecified atom stereocenters. The number of aromatic amines is 2. The molecular formula is C19H20N4O3. The van der Waals surface area contributed by atoms with E-state index in [1.165, 1.54) is 12.3 Å². The molecule has 1 amide bonds. The summed E-state index contributed by atoms with van der Waals surface area (Å²) in [6, 6.07) is 9.58. The lowest BCUT2D eigenvalue weighted by Gasteiger charge is -2.26. The van der Waals surface area contributed by atoms with Gasteiger partial charge in [0.1, 0.15) is 5.65 Å². The summed E-state index contributed by atoms with van der Waals surface area (Å²) < 4.78 is 0. The summed E-state index contributed by atoms with van der Waals surface area (Å²) in [6.45, 7) is 6.56. The van der Waals surface area contributed by atoms with Gasteiger partial charge in [0.2, 0.25) is 0 Å². The van der Waals surface area contributed by atoms with Crippen molar-refractivity contribution in [2.75, 3.05) is 6.54 Å². The minimum atomic E-state index is -0.632. The zero-order valence-corrected chi connectivity index (χ0v) is 14.8. The second-order valence-corrected chi connectivity index (χ2v) is 6.96. The Kier molecular flexibility index (Phi) is 4.46. The first-order valence-electron chi connectivity index (χ1n) is 8.24. The SMILES string of the molecule is Cc1cccc(C(C)(C)CNC(=O)c2cnc3[nH]c(=O)[nH]c(=O)c3c2)c1. The second-order valence-electron chi connectivity index (χ2n) is 6.96. The molecule has 0 bridgehead atoms. The monoisotopic (exact) mass is 352 g/mol. The van der Waals surface area contributed by atoms with Gasteiger partial charge in [-0.25, -0.2) is 9.78 Å². The predicted octanol–water partition coefficient (Wildman–Crippen LogP) is 1.63. The van der Waals surface area contributed by atoms with Gasteiger partial charge in [0.25, 0.3) is 11.5 Å². The lowest BCUT2D eigenvalue weighted by molar-refractivity contribution is 0.0945. The van der Waals surface area contributed by atoms with Crippen molar-refractivity contribution in [1.29, 1.82) is 0 Å². The number of aryl methyl sites for hydroxylation is 1. The van der Waals surface area contributed by atoms with E-state index in [1.54, 1.807) is 0 Å². The van der Waals surface area contributed by atoms with Crippen molar-refractivity contribution in [3.05, 3.63) is 74.1 Å². The van der Waals surface area contributed by atoms with E-state index < -0.39 is 11.2 Å². The molecule has 2 heterocycles. The number of nitrogens with one attached hydrogen (secondary N) is 3. The number of pyridine rings is 1. The molecule has 3 aromatic rings. The van der Waals surface area contributed by atoms with Gasteiger partial charge in [0, 0.05) is 18.2 Å². The zero-order chi connectivity index (χ0) is 18.9. The van der Waals surface area contributed by atoms with Gasteiger partial charge < -0.3 is 5.32 Å². The number of fused-ring (bicyclic) bond motifs is 1. The molecule has 0 aliphatic heterocycles. The Morgan fingerprint density at radius 1 is 1.19 bits per heavy atom. The molecule has 0 saturated carbocycles. The highest BCUT2D eigenvalue weighted by Gasteiger charge is 2.22. The number of carbonyl (C=O) groups is 1. The predicted molar refractivity (Wildman–Crippen MR) is 99.5 cm³/mol. The van der Waals surface area contributed by atoms with Crippen molar-refractivity contribution in [2.24, 2.45) is 0 Å². The fourth-order valence-electron chi connectivity index (χ4n) is 2.74. The van der Waals surface area contributed by atoms with Crippen LogP contribution in [0.25, 0.3) is 11.0 Å². The normalized spacial score (nSPS) is 11.5. The minimum absolute atomic E-state index is 0.149. The van der Waals surface area contributed by atoms with Gasteiger partial charge >= 0.3 is 5.69 Å². The molecule has 0 saturated heterocycles. The third-order valence-corrected chi connectivity index (χ3v) is 4.34. The van der Waals surface area contributed by atoms with Crippen LogP contribution in [-0.2, 0) is 5.41 Å². The highest BCUT2D eigenvalue weighted by Crippen LogP contribution is 2.23. The molecule has 134 valence electrons. The van der Waals surface area contributed by atoms with E-state index in [4.69, 9.17) is 0 Å². The third kappa shape index (κ3) is 3.56. The van der Waals surface area contributed by atoms with E-state index in [9.17, 15) is 14.4 Å². The van der Waals surface area contributed by atoms with Crippen LogP contribution in [-0.4, -0.2) is 27.4 Å². The van der Waals surface area contributed by atoms with E-state index in [0.717, 1.165) is 11.1 Å². The molecule has 0 spiro atoms. The van der Waals surface area contributed by atoms with Crippen molar-refractivity contribution in [1.82, 2.24) is 20.3 Å². The molecule has 1 aromatic carbocycles. The van der Waals surface area contributed by atoms with E-state index >= 15 is 0 Å². The van der Waals surface area contributed by atoms with Crippen LogP contribution in [0.15, 0.2) is 46.1 Å². The Morgan fingerprint density at radius 3 is 2.69 bits per heavy atom. The molecule has 26 heavy (non-hydrogen) atoms. The Hall–Kier alpha value is -3.22. The number of rotatable bonds is 4. The number of benzene rings is 1. The maximum atomic E-state index is 12.5. The Morgan fingerprint density at radius 2 is 1.96 bits per heavy atom. The smallest absolute Gasteiger partial charge is 0.327 e. The Bertz CT molecular complexity index is 1100. The van der Waals surface area contributed by atoms with Crippen molar-refractivity contribution in [3.63, 3.8) is 0 Å². The molecule has 2 aromatic heterocycles. The molecule has 3 N–H and O–H groups in total. The van der Waals surface area contributed by atoms with Gasteiger partial charge in [-0.1, -0.05) is 43.7 Å². The van der Waals surface area contributed by atoms with E-state index in [1.807, 2.05) is 25.1 Å². The minimum Gasteiger partial charge on any atom is -0.351 e. The fraction of sp³-hybridized carbons (Fsp3) is 0.263. The third-order valence-electron chi connectivity index (χ3n) is 4.34. The molecule has 7 heteroatoms. The van der Waals surface area contributed by atoms with E-state index in [-0.39, 0.29) is 27.9 Å². The molecule has 7 nitrogen and oxygen atoms in total. The van der Waals surface area contributed by atoms with Crippen molar-refractivity contribution < 1.29 is 4.79 Å². The molecule has 0 aliphatic carbocycles. The number of hydrogen-bond acceptors (Lipinski definition) is 4. The van der Waals surface area contributed by atoms with Gasteiger partial charge in [-0.3, -0.25) is 19.6 Å². The molecular weight excluding hydrogens is 332 g/mol. The van der Waals surface area contributed by atoms with Crippen LogP contribution in [0.3, 0.4) is 0 Å². The number of aromatic nitrogens is 3. The van der Waals surface area contributed by atoms with Gasteiger partial charge in [-0.15, -0.1) is 0 Å². The summed E-state index contributed by atoms with van der Waals surface area (Å²) in [5, 5.41) is 3.05. The maximum absolute atomic E-state index is 12.5. The molecule has 0 aliphatic rings. The fourth-order valence-corrected chi connectivity index (χ4v) is 2.74. The molecule has 0 radical (unpaired) electrons. The van der Waals surface area contributed by atoms with Crippen LogP contribution in [0.2, 0.25) is 0 Å². The largest absolute Gasteiger partial charge is 0.351 e. The lowest BCUT2D eigenvalue weighted by Crippen LogP contribution is -2.36. The number of carbonyl (C=O) groups excluding carboxylic acids is 1. The Balaban J connectivity index is 1.81. The highest BCUT2D eigenvalue weighted by atomic mass is 16.2. The van der Waals surface area contributed by atoms with E-state index in [0.29, 0.717) is 6.54 Å². The molecule has 3 rings (SSSR count). The van der Waals surface area contributed by atoms with Crippen LogP contribution >= 0.6 is 0 Å². The average Bonchev–Trinajstić information content (AvgIpc) is 2.59. The average molecular weight is 352 g/mol. The standard InChI is InChI=1S/C19H20N4O3/c1-11-5-4-6-13(7-11)19(2,3)10-21-16(24)12-8-14-15(20-9-12)22-18(26)23-17(14)25/h4-9H,10H2,1-3H3,(H,21,24)(H2,20,22,23,25,26). The van der Waals surface area contributed by atoms with Crippen LogP contribution in [0, 0.1) is 6.92 Å². The Labute approximate surface area is 149 Å². The second kappa shape index (κ2) is 6.59. The summed E-state index contributed by atoms with van der Waals surface area (Å²) >= 11 is 0. The first-order chi connectivity index (χ1) is 12.3. The summed E-state index contributed by atoms with van der Waals surface area (Å²) in [4.78, 5) is 44.2. The number of nitrogens with zero attached hydrogens (tertiary/aromatic N) is 1. The van der Waals surface area contributed by atoms with Crippen molar-refractivity contribution >= 4 is 16.9 Å². The van der Waals surface area contributed by atoms with Gasteiger partial charge in [-0.2, -0.15) is 0 Å².